The highest BCUT2D eigenvalue weighted by atomic mass is 79.9. The lowest BCUT2D eigenvalue weighted by Crippen LogP contribution is -2.33. The lowest BCUT2D eigenvalue weighted by Gasteiger charge is -2.15. The molecule has 0 saturated carbocycles. The third-order valence-electron chi connectivity index (χ3n) is 4.12. The van der Waals surface area contributed by atoms with Gasteiger partial charge < -0.3 is 10.1 Å². The molecule has 3 rings (SSSR count). The molecule has 0 aliphatic heterocycles. The lowest BCUT2D eigenvalue weighted by molar-refractivity contribution is -0.119. The van der Waals surface area contributed by atoms with Crippen LogP contribution in [0.1, 0.15) is 19.9 Å². The first-order valence-corrected chi connectivity index (χ1v) is 9.66. The zero-order chi connectivity index (χ0) is 20.1. The van der Waals surface area contributed by atoms with E-state index in [1.807, 2.05) is 43.3 Å². The largest absolute Gasteiger partial charge is 0.494 e. The number of carbonyl (C=O) groups excluding carboxylic acids is 1. The number of rotatable bonds is 6. The van der Waals surface area contributed by atoms with Crippen molar-refractivity contribution in [2.45, 2.75) is 19.9 Å². The molecule has 1 amide bonds. The molecule has 0 saturated heterocycles. The van der Waals surface area contributed by atoms with Crippen molar-refractivity contribution in [1.82, 2.24) is 9.78 Å². The molecule has 0 fully saturated rings. The van der Waals surface area contributed by atoms with Crippen molar-refractivity contribution in [3.8, 4) is 17.0 Å². The van der Waals surface area contributed by atoms with E-state index in [0.717, 1.165) is 15.8 Å². The number of aromatic nitrogens is 2. The van der Waals surface area contributed by atoms with E-state index < -0.39 is 6.04 Å². The van der Waals surface area contributed by atoms with Gasteiger partial charge in [-0.15, -0.1) is 0 Å². The van der Waals surface area contributed by atoms with Gasteiger partial charge in [-0.2, -0.15) is 5.10 Å². The molecule has 1 unspecified atom stereocenters. The Morgan fingerprint density at radius 1 is 1.18 bits per heavy atom. The van der Waals surface area contributed by atoms with Crippen molar-refractivity contribution in [3.63, 3.8) is 0 Å². The van der Waals surface area contributed by atoms with Crippen molar-refractivity contribution in [2.75, 3.05) is 11.9 Å². The lowest BCUT2D eigenvalue weighted by atomic mass is 10.1. The number of halogens is 1. The second-order valence-electron chi connectivity index (χ2n) is 6.13. The molecule has 2 aromatic carbocycles. The van der Waals surface area contributed by atoms with E-state index in [4.69, 9.17) is 4.74 Å². The average Bonchev–Trinajstić information content (AvgIpc) is 2.69. The smallest absolute Gasteiger partial charge is 0.267 e. The Hall–Kier alpha value is -2.93. The molecule has 0 aliphatic rings. The van der Waals surface area contributed by atoms with Gasteiger partial charge in [-0.1, -0.05) is 22.0 Å². The van der Waals surface area contributed by atoms with Crippen LogP contribution in [0.25, 0.3) is 11.3 Å². The van der Waals surface area contributed by atoms with Gasteiger partial charge in [0.25, 0.3) is 5.56 Å². The Bertz CT molecular complexity index is 1030. The summed E-state index contributed by atoms with van der Waals surface area (Å²) in [5.41, 5.74) is 1.73. The van der Waals surface area contributed by atoms with Crippen molar-refractivity contribution in [2.24, 2.45) is 0 Å². The molecule has 1 heterocycles. The standard InChI is InChI=1S/C21H20BrN3O3/c1-3-28-18-9-7-15(8-10-18)19-11-12-20(26)25(24-19)14(2)21(27)23-17-6-4-5-16(22)13-17/h4-14H,3H2,1-2H3,(H,23,27). The molecule has 6 nitrogen and oxygen atoms in total. The van der Waals surface area contributed by atoms with E-state index in [2.05, 4.69) is 26.3 Å². The van der Waals surface area contributed by atoms with Crippen LogP contribution in [0.4, 0.5) is 5.69 Å². The fourth-order valence-corrected chi connectivity index (χ4v) is 3.07. The third-order valence-corrected chi connectivity index (χ3v) is 4.62. The highest BCUT2D eigenvalue weighted by Gasteiger charge is 2.18. The van der Waals surface area contributed by atoms with Crippen LogP contribution in [-0.2, 0) is 4.79 Å². The minimum atomic E-state index is -0.769. The second kappa shape index (κ2) is 8.84. The number of anilines is 1. The molecule has 0 spiro atoms. The molecule has 0 bridgehead atoms. The van der Waals surface area contributed by atoms with Crippen LogP contribution in [0.3, 0.4) is 0 Å². The number of nitrogens with one attached hydrogen (secondary N) is 1. The van der Waals surface area contributed by atoms with Gasteiger partial charge in [0, 0.05) is 21.8 Å². The van der Waals surface area contributed by atoms with Crippen LogP contribution >= 0.6 is 15.9 Å². The van der Waals surface area contributed by atoms with Gasteiger partial charge in [-0.3, -0.25) is 9.59 Å². The maximum atomic E-state index is 12.6. The van der Waals surface area contributed by atoms with E-state index >= 15 is 0 Å². The number of amides is 1. The van der Waals surface area contributed by atoms with Gasteiger partial charge in [0.1, 0.15) is 11.8 Å². The predicted octanol–water partition coefficient (Wildman–Crippen LogP) is 4.27. The van der Waals surface area contributed by atoms with Crippen molar-refractivity contribution < 1.29 is 9.53 Å². The fourth-order valence-electron chi connectivity index (χ4n) is 2.67. The summed E-state index contributed by atoms with van der Waals surface area (Å²) in [7, 11) is 0. The molecule has 144 valence electrons. The Kier molecular flexibility index (Phi) is 6.26. The first kappa shape index (κ1) is 19.8. The maximum Gasteiger partial charge on any atom is 0.267 e. The van der Waals surface area contributed by atoms with Crippen molar-refractivity contribution in [3.05, 3.63) is 75.5 Å². The SMILES string of the molecule is CCOc1ccc(-c2ccc(=O)n(C(C)C(=O)Nc3cccc(Br)c3)n2)cc1. The molecular weight excluding hydrogens is 422 g/mol. The minimum Gasteiger partial charge on any atom is -0.494 e. The summed E-state index contributed by atoms with van der Waals surface area (Å²) in [5.74, 6) is 0.442. The van der Waals surface area contributed by atoms with Gasteiger partial charge in [0.2, 0.25) is 5.91 Å². The van der Waals surface area contributed by atoms with E-state index in [-0.39, 0.29) is 11.5 Å². The van der Waals surface area contributed by atoms with Crippen molar-refractivity contribution >= 4 is 27.5 Å². The molecule has 7 heteroatoms. The highest BCUT2D eigenvalue weighted by molar-refractivity contribution is 9.10. The summed E-state index contributed by atoms with van der Waals surface area (Å²) in [5, 5.41) is 7.20. The summed E-state index contributed by atoms with van der Waals surface area (Å²) in [6.07, 6.45) is 0. The Balaban J connectivity index is 1.84. The minimum absolute atomic E-state index is 0.323. The van der Waals surface area contributed by atoms with Crippen molar-refractivity contribution in [1.29, 1.82) is 0 Å². The quantitative estimate of drug-likeness (QED) is 0.619. The molecular formula is C21H20BrN3O3. The van der Waals surface area contributed by atoms with Gasteiger partial charge in [-0.05, 0) is 62.4 Å². The third kappa shape index (κ3) is 4.67. The topological polar surface area (TPSA) is 73.2 Å². The number of ether oxygens (including phenoxy) is 1. The van der Waals surface area contributed by atoms with Gasteiger partial charge in [0.15, 0.2) is 0 Å². The molecule has 0 radical (unpaired) electrons. The Morgan fingerprint density at radius 2 is 1.93 bits per heavy atom. The maximum absolute atomic E-state index is 12.6. The predicted molar refractivity (Wildman–Crippen MR) is 113 cm³/mol. The molecule has 1 aromatic heterocycles. The zero-order valence-corrected chi connectivity index (χ0v) is 17.1. The van der Waals surface area contributed by atoms with Crippen LogP contribution in [0, 0.1) is 0 Å². The van der Waals surface area contributed by atoms with Gasteiger partial charge in [-0.25, -0.2) is 4.68 Å². The summed E-state index contributed by atoms with van der Waals surface area (Å²) < 4.78 is 7.49. The van der Waals surface area contributed by atoms with Crippen LogP contribution in [0.5, 0.6) is 5.75 Å². The van der Waals surface area contributed by atoms with Gasteiger partial charge >= 0.3 is 0 Å². The molecule has 3 aromatic rings. The molecule has 1 N–H and O–H groups in total. The highest BCUT2D eigenvalue weighted by Crippen LogP contribution is 2.21. The number of hydrogen-bond acceptors (Lipinski definition) is 4. The first-order valence-electron chi connectivity index (χ1n) is 8.87. The number of hydrogen-bond donors (Lipinski definition) is 1. The van der Waals surface area contributed by atoms with E-state index in [1.165, 1.54) is 10.7 Å². The zero-order valence-electron chi connectivity index (χ0n) is 15.6. The van der Waals surface area contributed by atoms with E-state index in [1.54, 1.807) is 25.1 Å². The first-order chi connectivity index (χ1) is 13.5. The summed E-state index contributed by atoms with van der Waals surface area (Å²) >= 11 is 3.37. The van der Waals surface area contributed by atoms with Crippen LogP contribution in [0.2, 0.25) is 0 Å². The molecule has 0 aliphatic carbocycles. The summed E-state index contributed by atoms with van der Waals surface area (Å²) in [6.45, 7) is 4.16. The Labute approximate surface area is 171 Å². The summed E-state index contributed by atoms with van der Waals surface area (Å²) in [4.78, 5) is 24.9. The number of nitrogens with zero attached hydrogens (tertiary/aromatic N) is 2. The second-order valence-corrected chi connectivity index (χ2v) is 7.05. The monoisotopic (exact) mass is 441 g/mol. The summed E-state index contributed by atoms with van der Waals surface area (Å²) in [6, 6.07) is 17.0. The number of carbonyl (C=O) groups is 1. The van der Waals surface area contributed by atoms with Crippen LogP contribution in [-0.4, -0.2) is 22.3 Å². The molecule has 1 atom stereocenters. The van der Waals surface area contributed by atoms with Crippen LogP contribution < -0.4 is 15.6 Å². The van der Waals surface area contributed by atoms with Gasteiger partial charge in [0.05, 0.1) is 12.3 Å². The van der Waals surface area contributed by atoms with Crippen LogP contribution in [0.15, 0.2) is 69.9 Å². The van der Waals surface area contributed by atoms with E-state index in [9.17, 15) is 9.59 Å². The Morgan fingerprint density at radius 3 is 2.61 bits per heavy atom. The number of benzene rings is 2. The van der Waals surface area contributed by atoms with E-state index in [0.29, 0.717) is 18.0 Å². The fraction of sp³-hybridized carbons (Fsp3) is 0.190. The average molecular weight is 442 g/mol. The normalized spacial score (nSPS) is 11.7. The molecule has 28 heavy (non-hydrogen) atoms.